The first-order chi connectivity index (χ1) is 22.4. The molecule has 0 heterocycles. The fraction of sp³-hybridized carbons (Fsp3) is 0.190. The molecule has 2 aliphatic rings. The van der Waals surface area contributed by atoms with E-state index < -0.39 is 15.8 Å². The van der Waals surface area contributed by atoms with Gasteiger partial charge in [-0.1, -0.05) is 121 Å². The zero-order valence-electron chi connectivity index (χ0n) is 28.3. The van der Waals surface area contributed by atoms with Crippen LogP contribution in [0, 0.1) is 61.7 Å². The van der Waals surface area contributed by atoms with E-state index in [2.05, 4.69) is 212 Å². The van der Waals surface area contributed by atoms with Gasteiger partial charge >= 0.3 is 0 Å². The van der Waals surface area contributed by atoms with Crippen LogP contribution in [0.5, 0.6) is 0 Å². The molecule has 2 aliphatic carbocycles. The molecule has 2 nitrogen and oxygen atoms in total. The van der Waals surface area contributed by atoms with Crippen molar-refractivity contribution in [3.8, 4) is 0 Å². The molecule has 2 fully saturated rings. The number of rotatable bonds is 10. The smallest absolute Gasteiger partial charge is 0.0211 e. The number of nitrogens with zero attached hydrogens (tertiary/aromatic N) is 2. The van der Waals surface area contributed by atoms with Gasteiger partial charge in [0.2, 0.25) is 0 Å². The standard InChI is InChI=1S/2C21H23NP.Fe/c2*1-17(22(2)3)20-15-10-16-21(20)23(18-11-6-4-7-12-18)19-13-8-5-9-14-19;/h2*4-17H,1-3H3;/t2*17-;/m11./s1. The van der Waals surface area contributed by atoms with Crippen LogP contribution in [-0.2, 0) is 17.1 Å². The minimum absolute atomic E-state index is 0. The Morgan fingerprint density at radius 3 is 0.894 bits per heavy atom. The van der Waals surface area contributed by atoms with E-state index in [4.69, 9.17) is 0 Å². The molecule has 10 radical (unpaired) electrons. The van der Waals surface area contributed by atoms with Crippen molar-refractivity contribution < 1.29 is 17.1 Å². The molecule has 4 aromatic rings. The SMILES string of the molecule is C[C@H]([C]1[CH][CH][CH][C]1P(c1ccccc1)c1ccccc1)N(C)C.C[C@H]([C]1[CH][CH][CH][C]1P(c1ccccc1)c1ccccc1)N(C)C.[Fe]. The van der Waals surface area contributed by atoms with E-state index in [1.165, 1.54) is 44.4 Å². The molecular formula is C42H46FeN2P2. The van der Waals surface area contributed by atoms with Gasteiger partial charge in [0.15, 0.2) is 0 Å². The van der Waals surface area contributed by atoms with Crippen LogP contribution < -0.4 is 21.2 Å². The first-order valence-corrected chi connectivity index (χ1v) is 18.7. The first-order valence-electron chi connectivity index (χ1n) is 16.0. The molecule has 0 aromatic heterocycles. The quantitative estimate of drug-likeness (QED) is 0.125. The van der Waals surface area contributed by atoms with Crippen molar-refractivity contribution in [2.24, 2.45) is 0 Å². The average Bonchev–Trinajstić information content (AvgIpc) is 3.77. The van der Waals surface area contributed by atoms with Crippen LogP contribution >= 0.6 is 15.8 Å². The Kier molecular flexibility index (Phi) is 15.2. The number of benzene rings is 4. The summed E-state index contributed by atoms with van der Waals surface area (Å²) in [6.45, 7) is 4.56. The van der Waals surface area contributed by atoms with Gasteiger partial charge in [-0.3, -0.25) is 0 Å². The third-order valence-corrected chi connectivity index (χ3v) is 13.7. The van der Waals surface area contributed by atoms with E-state index in [9.17, 15) is 0 Å². The van der Waals surface area contributed by atoms with Gasteiger partial charge in [-0.25, -0.2) is 0 Å². The molecule has 0 unspecified atom stereocenters. The molecule has 242 valence electrons. The summed E-state index contributed by atoms with van der Waals surface area (Å²) >= 11 is 0. The molecular weight excluding hydrogens is 650 g/mol. The fourth-order valence-electron chi connectivity index (χ4n) is 5.68. The first kappa shape index (κ1) is 38.0. The van der Waals surface area contributed by atoms with Gasteiger partial charge in [-0.15, -0.1) is 0 Å². The Morgan fingerprint density at radius 1 is 0.404 bits per heavy atom. The van der Waals surface area contributed by atoms with E-state index in [-0.39, 0.29) is 17.1 Å². The van der Waals surface area contributed by atoms with Crippen molar-refractivity contribution in [1.82, 2.24) is 9.80 Å². The molecule has 5 heteroatoms. The summed E-state index contributed by atoms with van der Waals surface area (Å²) in [4.78, 5) is 4.56. The maximum Gasteiger partial charge on any atom is 0.0211 e. The summed E-state index contributed by atoms with van der Waals surface area (Å²) < 4.78 is 0. The summed E-state index contributed by atoms with van der Waals surface area (Å²) in [6.07, 6.45) is 13.6. The third-order valence-electron chi connectivity index (χ3n) is 8.64. The van der Waals surface area contributed by atoms with E-state index in [0.717, 1.165) is 0 Å². The van der Waals surface area contributed by atoms with Crippen LogP contribution in [0.15, 0.2) is 121 Å². The van der Waals surface area contributed by atoms with Crippen molar-refractivity contribution in [2.75, 3.05) is 28.2 Å². The average molecular weight is 697 g/mol. The summed E-state index contributed by atoms with van der Waals surface area (Å²) in [5.74, 6) is 2.88. The minimum atomic E-state index is -0.514. The second-order valence-electron chi connectivity index (χ2n) is 12.0. The van der Waals surface area contributed by atoms with Gasteiger partial charge in [0, 0.05) is 52.3 Å². The van der Waals surface area contributed by atoms with Crippen LogP contribution in [0.25, 0.3) is 0 Å². The van der Waals surface area contributed by atoms with Gasteiger partial charge in [0.25, 0.3) is 0 Å². The second-order valence-corrected chi connectivity index (χ2v) is 16.4. The summed E-state index contributed by atoms with van der Waals surface area (Å²) in [5, 5.41) is 5.64. The second kappa shape index (κ2) is 18.8. The van der Waals surface area contributed by atoms with Crippen LogP contribution in [-0.4, -0.2) is 50.1 Å². The van der Waals surface area contributed by atoms with Crippen molar-refractivity contribution in [3.05, 3.63) is 183 Å². The largest absolute Gasteiger partial charge is 0.306 e. The third kappa shape index (κ3) is 9.67. The normalized spacial score (nSPS) is 17.6. The van der Waals surface area contributed by atoms with E-state index in [1.807, 2.05) is 0 Å². The van der Waals surface area contributed by atoms with E-state index >= 15 is 0 Å². The molecule has 0 aliphatic heterocycles. The van der Waals surface area contributed by atoms with Crippen molar-refractivity contribution in [2.45, 2.75) is 25.9 Å². The molecule has 2 saturated carbocycles. The molecule has 0 spiro atoms. The van der Waals surface area contributed by atoms with Crippen LogP contribution in [0.4, 0.5) is 0 Å². The minimum Gasteiger partial charge on any atom is -0.306 e. The molecule has 0 N–H and O–H groups in total. The Bertz CT molecular complexity index is 1230. The molecule has 6 rings (SSSR count). The van der Waals surface area contributed by atoms with Gasteiger partial charge in [-0.2, -0.15) is 0 Å². The summed E-state index contributed by atoms with van der Waals surface area (Å²) in [6, 6.07) is 44.4. The van der Waals surface area contributed by atoms with Crippen molar-refractivity contribution >= 4 is 37.1 Å². The van der Waals surface area contributed by atoms with Crippen LogP contribution in [0.2, 0.25) is 0 Å². The topological polar surface area (TPSA) is 6.48 Å². The molecule has 0 amide bonds. The van der Waals surface area contributed by atoms with Crippen LogP contribution in [0.1, 0.15) is 13.8 Å². The van der Waals surface area contributed by atoms with Gasteiger partial charge in [0.05, 0.1) is 0 Å². The zero-order chi connectivity index (χ0) is 32.5. The number of hydrogen-bond donors (Lipinski definition) is 0. The maximum absolute atomic E-state index is 2.31. The Balaban J connectivity index is 0.000000208. The molecule has 2 atom stereocenters. The zero-order valence-corrected chi connectivity index (χ0v) is 31.2. The Labute approximate surface area is 299 Å². The van der Waals surface area contributed by atoms with E-state index in [0.29, 0.717) is 12.1 Å². The fourth-order valence-corrected chi connectivity index (χ4v) is 10.8. The van der Waals surface area contributed by atoms with Gasteiger partial charge < -0.3 is 9.80 Å². The Hall–Kier alpha value is -1.82. The van der Waals surface area contributed by atoms with Crippen LogP contribution in [0.3, 0.4) is 0 Å². The predicted octanol–water partition coefficient (Wildman–Crippen LogP) is 7.60. The van der Waals surface area contributed by atoms with E-state index in [1.54, 1.807) is 0 Å². The summed E-state index contributed by atoms with van der Waals surface area (Å²) in [5.41, 5.74) is 2.94. The molecule has 47 heavy (non-hydrogen) atoms. The predicted molar refractivity (Wildman–Crippen MR) is 203 cm³/mol. The monoisotopic (exact) mass is 696 g/mol. The van der Waals surface area contributed by atoms with Crippen molar-refractivity contribution in [3.63, 3.8) is 0 Å². The van der Waals surface area contributed by atoms with Gasteiger partial charge in [0.1, 0.15) is 0 Å². The maximum atomic E-state index is 2.31. The molecule has 4 aromatic carbocycles. The van der Waals surface area contributed by atoms with Gasteiger partial charge in [-0.05, 0) is 118 Å². The number of hydrogen-bond acceptors (Lipinski definition) is 2. The summed E-state index contributed by atoms with van der Waals surface area (Å²) in [7, 11) is 7.56. The van der Waals surface area contributed by atoms with Crippen molar-refractivity contribution in [1.29, 1.82) is 0 Å². The Morgan fingerprint density at radius 2 is 0.660 bits per heavy atom. The molecule has 0 saturated heterocycles. The molecule has 0 bridgehead atoms.